The molecular formula is C15H13IN2O2. The van der Waals surface area contributed by atoms with Gasteiger partial charge in [-0.05, 0) is 52.4 Å². The average Bonchev–Trinajstić information content (AvgIpc) is 2.49. The molecule has 0 aliphatic rings. The van der Waals surface area contributed by atoms with Crippen LogP contribution in [0.5, 0.6) is 5.75 Å². The third-order valence-corrected chi connectivity index (χ3v) is 3.32. The minimum absolute atomic E-state index is 0.302. The predicted octanol–water partition coefficient (Wildman–Crippen LogP) is 3.06. The Morgan fingerprint density at radius 1 is 1.20 bits per heavy atom. The largest absolute Gasteiger partial charge is 0.496 e. The van der Waals surface area contributed by atoms with Crippen molar-refractivity contribution in [1.29, 1.82) is 0 Å². The molecule has 0 aromatic heterocycles. The zero-order valence-electron chi connectivity index (χ0n) is 10.8. The van der Waals surface area contributed by atoms with E-state index in [0.717, 1.165) is 9.13 Å². The van der Waals surface area contributed by atoms with E-state index in [0.29, 0.717) is 11.3 Å². The predicted molar refractivity (Wildman–Crippen MR) is 87.2 cm³/mol. The first kappa shape index (κ1) is 14.5. The molecule has 5 heteroatoms. The molecular weight excluding hydrogens is 367 g/mol. The molecule has 102 valence electrons. The number of hydrogen-bond acceptors (Lipinski definition) is 3. The van der Waals surface area contributed by atoms with Gasteiger partial charge < -0.3 is 4.74 Å². The van der Waals surface area contributed by atoms with Gasteiger partial charge in [0.2, 0.25) is 0 Å². The second-order valence-electron chi connectivity index (χ2n) is 3.95. The van der Waals surface area contributed by atoms with Gasteiger partial charge >= 0.3 is 0 Å². The molecule has 0 aliphatic carbocycles. The second-order valence-corrected chi connectivity index (χ2v) is 5.20. The van der Waals surface area contributed by atoms with Crippen LogP contribution in [0.25, 0.3) is 0 Å². The van der Waals surface area contributed by atoms with Crippen molar-refractivity contribution < 1.29 is 9.53 Å². The summed E-state index contributed by atoms with van der Waals surface area (Å²) >= 11 is 2.23. The van der Waals surface area contributed by atoms with E-state index in [1.807, 2.05) is 30.3 Å². The van der Waals surface area contributed by atoms with E-state index < -0.39 is 0 Å². The number of hydrazone groups is 1. The third kappa shape index (κ3) is 3.80. The van der Waals surface area contributed by atoms with Gasteiger partial charge in [0.25, 0.3) is 5.91 Å². The minimum atomic E-state index is -0.302. The molecule has 4 nitrogen and oxygen atoms in total. The second kappa shape index (κ2) is 7.04. The topological polar surface area (TPSA) is 50.7 Å². The lowest BCUT2D eigenvalue weighted by Gasteiger charge is -2.05. The molecule has 0 aliphatic heterocycles. The van der Waals surface area contributed by atoms with E-state index >= 15 is 0 Å². The standard InChI is InChI=1S/C15H13IN2O2/c1-20-14-5-3-2-4-13(14)15(19)18-17-10-11-6-8-12(16)9-7-11/h2-10H,1H3,(H,18,19)/b17-10-. The Labute approximate surface area is 131 Å². The third-order valence-electron chi connectivity index (χ3n) is 2.60. The highest BCUT2D eigenvalue weighted by Crippen LogP contribution is 2.16. The number of rotatable bonds is 4. The molecule has 0 heterocycles. The van der Waals surface area contributed by atoms with Crippen molar-refractivity contribution in [2.45, 2.75) is 0 Å². The van der Waals surface area contributed by atoms with Gasteiger partial charge in [0.15, 0.2) is 0 Å². The van der Waals surface area contributed by atoms with Gasteiger partial charge in [-0.2, -0.15) is 5.10 Å². The highest BCUT2D eigenvalue weighted by molar-refractivity contribution is 14.1. The van der Waals surface area contributed by atoms with E-state index in [4.69, 9.17) is 4.74 Å². The molecule has 2 rings (SSSR count). The van der Waals surface area contributed by atoms with Crippen molar-refractivity contribution in [1.82, 2.24) is 5.43 Å². The number of nitrogens with one attached hydrogen (secondary N) is 1. The van der Waals surface area contributed by atoms with Crippen LogP contribution in [-0.2, 0) is 0 Å². The van der Waals surface area contributed by atoms with Gasteiger partial charge in [-0.25, -0.2) is 5.43 Å². The summed E-state index contributed by atoms with van der Waals surface area (Å²) in [5.74, 6) is 0.221. The fraction of sp³-hybridized carbons (Fsp3) is 0.0667. The lowest BCUT2D eigenvalue weighted by Crippen LogP contribution is -2.18. The number of halogens is 1. The fourth-order valence-electron chi connectivity index (χ4n) is 1.61. The van der Waals surface area contributed by atoms with Gasteiger partial charge in [0, 0.05) is 3.57 Å². The van der Waals surface area contributed by atoms with Crippen LogP contribution in [-0.4, -0.2) is 19.2 Å². The molecule has 1 N–H and O–H groups in total. The zero-order chi connectivity index (χ0) is 14.4. The van der Waals surface area contributed by atoms with E-state index in [2.05, 4.69) is 33.1 Å². The highest BCUT2D eigenvalue weighted by Gasteiger charge is 2.09. The number of amides is 1. The number of ether oxygens (including phenoxy) is 1. The number of nitrogens with zero attached hydrogens (tertiary/aromatic N) is 1. The molecule has 2 aromatic carbocycles. The van der Waals surface area contributed by atoms with Crippen LogP contribution < -0.4 is 10.2 Å². The van der Waals surface area contributed by atoms with Crippen molar-refractivity contribution >= 4 is 34.7 Å². The van der Waals surface area contributed by atoms with Gasteiger partial charge in [-0.1, -0.05) is 24.3 Å². The smallest absolute Gasteiger partial charge is 0.275 e. The first-order valence-corrected chi connectivity index (χ1v) is 7.00. The first-order chi connectivity index (χ1) is 9.70. The normalized spacial score (nSPS) is 10.5. The number of para-hydroxylation sites is 1. The Morgan fingerprint density at radius 2 is 1.90 bits per heavy atom. The number of carbonyl (C=O) groups is 1. The maximum Gasteiger partial charge on any atom is 0.275 e. The number of benzene rings is 2. The van der Waals surface area contributed by atoms with Crippen LogP contribution in [0.15, 0.2) is 53.6 Å². The van der Waals surface area contributed by atoms with Crippen LogP contribution in [0.3, 0.4) is 0 Å². The van der Waals surface area contributed by atoms with Crippen LogP contribution in [0.2, 0.25) is 0 Å². The summed E-state index contributed by atoms with van der Waals surface area (Å²) in [5, 5.41) is 3.94. The van der Waals surface area contributed by atoms with Gasteiger partial charge in [0.1, 0.15) is 5.75 Å². The molecule has 0 saturated carbocycles. The van der Waals surface area contributed by atoms with Gasteiger partial charge in [-0.3, -0.25) is 4.79 Å². The van der Waals surface area contributed by atoms with E-state index in [9.17, 15) is 4.79 Å². The molecule has 0 radical (unpaired) electrons. The quantitative estimate of drug-likeness (QED) is 0.504. The van der Waals surface area contributed by atoms with Crippen LogP contribution in [0.1, 0.15) is 15.9 Å². The molecule has 1 amide bonds. The molecule has 0 saturated heterocycles. The summed E-state index contributed by atoms with van der Waals surface area (Å²) in [6, 6.07) is 14.8. The summed E-state index contributed by atoms with van der Waals surface area (Å²) in [6.45, 7) is 0. The van der Waals surface area contributed by atoms with E-state index in [1.54, 1.807) is 24.4 Å². The molecule has 0 spiro atoms. The summed E-state index contributed by atoms with van der Waals surface area (Å²) < 4.78 is 6.28. The molecule has 0 unspecified atom stereocenters. The Kier molecular flexibility index (Phi) is 5.11. The molecule has 0 bridgehead atoms. The monoisotopic (exact) mass is 380 g/mol. The van der Waals surface area contributed by atoms with E-state index in [-0.39, 0.29) is 5.91 Å². The lowest BCUT2D eigenvalue weighted by atomic mass is 10.2. The number of carbonyl (C=O) groups excluding carboxylic acids is 1. The zero-order valence-corrected chi connectivity index (χ0v) is 13.0. The maximum absolute atomic E-state index is 12.0. The molecule has 20 heavy (non-hydrogen) atoms. The van der Waals surface area contributed by atoms with Crippen molar-refractivity contribution in [3.63, 3.8) is 0 Å². The summed E-state index contributed by atoms with van der Waals surface area (Å²) in [6.07, 6.45) is 1.60. The summed E-state index contributed by atoms with van der Waals surface area (Å²) in [5.41, 5.74) is 3.86. The minimum Gasteiger partial charge on any atom is -0.496 e. The first-order valence-electron chi connectivity index (χ1n) is 5.92. The van der Waals surface area contributed by atoms with Gasteiger partial charge in [-0.15, -0.1) is 0 Å². The van der Waals surface area contributed by atoms with Crippen molar-refractivity contribution in [3.05, 3.63) is 63.2 Å². The fourth-order valence-corrected chi connectivity index (χ4v) is 1.97. The SMILES string of the molecule is COc1ccccc1C(=O)N/N=C\c1ccc(I)cc1. The van der Waals surface area contributed by atoms with Crippen molar-refractivity contribution in [2.24, 2.45) is 5.10 Å². The van der Waals surface area contributed by atoms with Gasteiger partial charge in [0.05, 0.1) is 18.9 Å². The Balaban J connectivity index is 2.03. The molecule has 0 atom stereocenters. The highest BCUT2D eigenvalue weighted by atomic mass is 127. The maximum atomic E-state index is 12.0. The number of hydrogen-bond donors (Lipinski definition) is 1. The Bertz CT molecular complexity index is 624. The van der Waals surface area contributed by atoms with Crippen LogP contribution >= 0.6 is 22.6 Å². The number of methoxy groups -OCH3 is 1. The summed E-state index contributed by atoms with van der Waals surface area (Å²) in [4.78, 5) is 12.0. The Morgan fingerprint density at radius 3 is 2.60 bits per heavy atom. The van der Waals surface area contributed by atoms with E-state index in [1.165, 1.54) is 7.11 Å². The summed E-state index contributed by atoms with van der Waals surface area (Å²) in [7, 11) is 1.53. The van der Waals surface area contributed by atoms with Crippen molar-refractivity contribution in [2.75, 3.05) is 7.11 Å². The lowest BCUT2D eigenvalue weighted by molar-refractivity contribution is 0.0952. The van der Waals surface area contributed by atoms with Crippen molar-refractivity contribution in [3.8, 4) is 5.75 Å². The van der Waals surface area contributed by atoms with Crippen LogP contribution in [0, 0.1) is 3.57 Å². The Hall–Kier alpha value is -1.89. The molecule has 0 fully saturated rings. The van der Waals surface area contributed by atoms with Crippen LogP contribution in [0.4, 0.5) is 0 Å². The molecule has 2 aromatic rings. The average molecular weight is 380 g/mol.